The first-order valence-electron chi connectivity index (χ1n) is 6.23. The quantitative estimate of drug-likeness (QED) is 0.915. The number of hydrogen-bond donors (Lipinski definition) is 1. The highest BCUT2D eigenvalue weighted by molar-refractivity contribution is 9.10. The number of nitrogens with one attached hydrogen (secondary N) is 1. The largest absolute Gasteiger partial charge is 0.343 e. The van der Waals surface area contributed by atoms with Gasteiger partial charge in [-0.1, -0.05) is 6.92 Å². The second kappa shape index (κ2) is 5.69. The minimum atomic E-state index is -0.463. The molecule has 2 heterocycles. The van der Waals surface area contributed by atoms with E-state index in [4.69, 9.17) is 0 Å². The van der Waals surface area contributed by atoms with E-state index in [-0.39, 0.29) is 11.8 Å². The summed E-state index contributed by atoms with van der Waals surface area (Å²) in [4.78, 5) is 29.8. The monoisotopic (exact) mass is 325 g/mol. The van der Waals surface area contributed by atoms with Crippen molar-refractivity contribution < 1.29 is 9.59 Å². The van der Waals surface area contributed by atoms with Crippen LogP contribution in [0.4, 0.5) is 0 Å². The van der Waals surface area contributed by atoms with Crippen LogP contribution in [0, 0.1) is 0 Å². The van der Waals surface area contributed by atoms with Gasteiger partial charge in [0.2, 0.25) is 11.8 Å². The number of rotatable bonds is 3. The smallest absolute Gasteiger partial charge is 0.245 e. The molecule has 2 rings (SSSR count). The zero-order valence-corrected chi connectivity index (χ0v) is 12.5. The van der Waals surface area contributed by atoms with Gasteiger partial charge in [0.25, 0.3) is 0 Å². The molecular weight excluding hydrogens is 310 g/mol. The van der Waals surface area contributed by atoms with Crippen LogP contribution in [0.1, 0.15) is 25.8 Å². The van der Waals surface area contributed by atoms with E-state index in [0.717, 1.165) is 10.0 Å². The van der Waals surface area contributed by atoms with E-state index in [1.165, 1.54) is 0 Å². The molecule has 102 valence electrons. The van der Waals surface area contributed by atoms with Crippen LogP contribution in [0.25, 0.3) is 0 Å². The van der Waals surface area contributed by atoms with Crippen molar-refractivity contribution in [2.24, 2.45) is 0 Å². The van der Waals surface area contributed by atoms with Crippen molar-refractivity contribution in [3.63, 3.8) is 0 Å². The Morgan fingerprint density at radius 1 is 1.42 bits per heavy atom. The lowest BCUT2D eigenvalue weighted by Gasteiger charge is -2.37. The molecule has 19 heavy (non-hydrogen) atoms. The van der Waals surface area contributed by atoms with Crippen molar-refractivity contribution in [3.05, 3.63) is 28.5 Å². The van der Waals surface area contributed by atoms with E-state index in [1.54, 1.807) is 24.2 Å². The van der Waals surface area contributed by atoms with E-state index in [0.29, 0.717) is 13.0 Å². The molecule has 2 atom stereocenters. The summed E-state index contributed by atoms with van der Waals surface area (Å²) in [5.41, 5.74) is 0.906. The van der Waals surface area contributed by atoms with Gasteiger partial charge in [-0.2, -0.15) is 0 Å². The maximum atomic E-state index is 12.2. The zero-order chi connectivity index (χ0) is 14.0. The van der Waals surface area contributed by atoms with Crippen LogP contribution in [0.2, 0.25) is 0 Å². The van der Waals surface area contributed by atoms with Gasteiger partial charge in [0, 0.05) is 23.4 Å². The van der Waals surface area contributed by atoms with Gasteiger partial charge in [0.1, 0.15) is 12.1 Å². The second-order valence-corrected chi connectivity index (χ2v) is 5.55. The van der Waals surface area contributed by atoms with Crippen molar-refractivity contribution in [2.45, 2.75) is 38.9 Å². The third-order valence-electron chi connectivity index (χ3n) is 3.19. The average molecular weight is 326 g/mol. The first kappa shape index (κ1) is 14.0. The van der Waals surface area contributed by atoms with E-state index in [2.05, 4.69) is 26.2 Å². The number of amides is 2. The molecule has 2 unspecified atom stereocenters. The molecule has 0 radical (unpaired) electrons. The summed E-state index contributed by atoms with van der Waals surface area (Å²) in [6, 6.07) is 1.04. The zero-order valence-electron chi connectivity index (χ0n) is 10.9. The fourth-order valence-corrected chi connectivity index (χ4v) is 2.66. The van der Waals surface area contributed by atoms with Gasteiger partial charge in [0.05, 0.1) is 0 Å². The van der Waals surface area contributed by atoms with Crippen molar-refractivity contribution in [1.29, 1.82) is 0 Å². The summed E-state index contributed by atoms with van der Waals surface area (Å²) in [6.45, 7) is 4.01. The Morgan fingerprint density at radius 2 is 2.16 bits per heavy atom. The lowest BCUT2D eigenvalue weighted by atomic mass is 10.0. The lowest BCUT2D eigenvalue weighted by molar-refractivity contribution is -0.149. The van der Waals surface area contributed by atoms with Crippen LogP contribution in [0.5, 0.6) is 0 Å². The second-order valence-electron chi connectivity index (χ2n) is 4.63. The summed E-state index contributed by atoms with van der Waals surface area (Å²) in [5.74, 6) is -0.135. The van der Waals surface area contributed by atoms with Crippen LogP contribution in [0.3, 0.4) is 0 Å². The molecule has 0 bridgehead atoms. The molecule has 1 fully saturated rings. The molecular formula is C13H16BrN3O2. The van der Waals surface area contributed by atoms with Gasteiger partial charge in [-0.3, -0.25) is 14.6 Å². The number of nitrogens with zero attached hydrogens (tertiary/aromatic N) is 2. The fraction of sp³-hybridized carbons (Fsp3) is 0.462. The van der Waals surface area contributed by atoms with Crippen LogP contribution in [-0.4, -0.2) is 33.8 Å². The summed E-state index contributed by atoms with van der Waals surface area (Å²) in [5, 5.41) is 2.70. The SMILES string of the molecule is CCC1C(=O)NC(C)C(=O)N1Cc1cncc(Br)c1. The Labute approximate surface area is 120 Å². The average Bonchev–Trinajstić information content (AvgIpc) is 2.36. The molecule has 0 aromatic carbocycles. The summed E-state index contributed by atoms with van der Waals surface area (Å²) in [7, 11) is 0. The normalized spacial score (nSPS) is 23.4. The van der Waals surface area contributed by atoms with Crippen LogP contribution in [0.15, 0.2) is 22.9 Å². The summed E-state index contributed by atoms with van der Waals surface area (Å²) in [6.07, 6.45) is 4.00. The van der Waals surface area contributed by atoms with Gasteiger partial charge in [0.15, 0.2) is 0 Å². The molecule has 1 aromatic rings. The first-order valence-corrected chi connectivity index (χ1v) is 7.02. The summed E-state index contributed by atoms with van der Waals surface area (Å²) >= 11 is 3.35. The summed E-state index contributed by atoms with van der Waals surface area (Å²) < 4.78 is 0.861. The molecule has 2 amide bonds. The van der Waals surface area contributed by atoms with Crippen molar-refractivity contribution in [1.82, 2.24) is 15.2 Å². The number of pyridine rings is 1. The van der Waals surface area contributed by atoms with Gasteiger partial charge >= 0.3 is 0 Å². The molecule has 1 N–H and O–H groups in total. The third-order valence-corrected chi connectivity index (χ3v) is 3.63. The molecule has 1 aliphatic rings. The molecule has 5 nitrogen and oxygen atoms in total. The molecule has 0 aliphatic carbocycles. The van der Waals surface area contributed by atoms with Crippen LogP contribution >= 0.6 is 15.9 Å². The van der Waals surface area contributed by atoms with Gasteiger partial charge in [-0.15, -0.1) is 0 Å². The lowest BCUT2D eigenvalue weighted by Crippen LogP contribution is -2.61. The topological polar surface area (TPSA) is 62.3 Å². The standard InChI is InChI=1S/C13H16BrN3O2/c1-3-11-12(18)16-8(2)13(19)17(11)7-9-4-10(14)6-15-5-9/h4-6,8,11H,3,7H2,1-2H3,(H,16,18). The van der Waals surface area contributed by atoms with Crippen molar-refractivity contribution >= 4 is 27.7 Å². The Balaban J connectivity index is 2.24. The third kappa shape index (κ3) is 2.94. The predicted octanol–water partition coefficient (Wildman–Crippen LogP) is 1.47. The Bertz CT molecular complexity index is 506. The molecule has 1 saturated heterocycles. The van der Waals surface area contributed by atoms with E-state index in [1.807, 2.05) is 13.0 Å². The number of carbonyl (C=O) groups excluding carboxylic acids is 2. The Hall–Kier alpha value is -1.43. The molecule has 6 heteroatoms. The van der Waals surface area contributed by atoms with E-state index in [9.17, 15) is 9.59 Å². The fourth-order valence-electron chi connectivity index (χ4n) is 2.25. The van der Waals surface area contributed by atoms with Crippen LogP contribution in [-0.2, 0) is 16.1 Å². The minimum Gasteiger partial charge on any atom is -0.343 e. The number of aromatic nitrogens is 1. The predicted molar refractivity (Wildman–Crippen MR) is 74.2 cm³/mol. The highest BCUT2D eigenvalue weighted by atomic mass is 79.9. The van der Waals surface area contributed by atoms with Crippen molar-refractivity contribution in [3.8, 4) is 0 Å². The maximum absolute atomic E-state index is 12.2. The number of piperazine rings is 1. The van der Waals surface area contributed by atoms with Crippen molar-refractivity contribution in [2.75, 3.05) is 0 Å². The molecule has 0 spiro atoms. The van der Waals surface area contributed by atoms with Gasteiger partial charge < -0.3 is 10.2 Å². The van der Waals surface area contributed by atoms with Gasteiger partial charge in [-0.05, 0) is 40.9 Å². The first-order chi connectivity index (χ1) is 9.02. The maximum Gasteiger partial charge on any atom is 0.245 e. The number of carbonyl (C=O) groups is 2. The molecule has 0 saturated carbocycles. The minimum absolute atomic E-state index is 0.0496. The van der Waals surface area contributed by atoms with E-state index >= 15 is 0 Å². The van der Waals surface area contributed by atoms with E-state index < -0.39 is 12.1 Å². The number of halogens is 1. The van der Waals surface area contributed by atoms with Gasteiger partial charge in [-0.25, -0.2) is 0 Å². The number of hydrogen-bond acceptors (Lipinski definition) is 3. The molecule has 1 aromatic heterocycles. The Morgan fingerprint density at radius 3 is 2.79 bits per heavy atom. The highest BCUT2D eigenvalue weighted by Crippen LogP contribution is 2.18. The molecule has 1 aliphatic heterocycles. The Kier molecular flexibility index (Phi) is 4.19. The van der Waals surface area contributed by atoms with Crippen LogP contribution < -0.4 is 5.32 Å². The highest BCUT2D eigenvalue weighted by Gasteiger charge is 2.37.